The van der Waals surface area contributed by atoms with Crippen LogP contribution in [0.5, 0.6) is 5.75 Å². The van der Waals surface area contributed by atoms with Gasteiger partial charge in [-0.2, -0.15) is 0 Å². The molecule has 0 fully saturated rings. The van der Waals surface area contributed by atoms with Crippen molar-refractivity contribution >= 4 is 17.1 Å². The van der Waals surface area contributed by atoms with Crippen molar-refractivity contribution in [3.05, 3.63) is 99.9 Å². The first-order valence-corrected chi connectivity index (χ1v) is 9.83. The first kappa shape index (κ1) is 18.9. The smallest absolute Gasteiger partial charge is 0.508 e. The minimum atomic E-state index is -0.818. The van der Waals surface area contributed by atoms with Gasteiger partial charge in [-0.05, 0) is 34.4 Å². The molecular formula is C25H18O6. The van der Waals surface area contributed by atoms with Gasteiger partial charge in [-0.3, -0.25) is 0 Å². The molecule has 0 radical (unpaired) electrons. The third-order valence-corrected chi connectivity index (χ3v) is 5.49. The molecule has 1 aromatic heterocycles. The lowest BCUT2D eigenvalue weighted by atomic mass is 9.98. The van der Waals surface area contributed by atoms with Gasteiger partial charge >= 0.3 is 11.8 Å². The number of ether oxygens (including phenoxy) is 2. The molecule has 0 saturated heterocycles. The molecule has 31 heavy (non-hydrogen) atoms. The molecule has 0 bridgehead atoms. The Kier molecular flexibility index (Phi) is 4.67. The topological polar surface area (TPSA) is 86.0 Å². The maximum Gasteiger partial charge on any atom is 0.508 e. The zero-order valence-electron chi connectivity index (χ0n) is 16.4. The van der Waals surface area contributed by atoms with Crippen molar-refractivity contribution in [1.82, 2.24) is 0 Å². The second-order valence-corrected chi connectivity index (χ2v) is 7.35. The number of hydrogen-bond acceptors (Lipinski definition) is 6. The number of aromatic hydroxyl groups is 1. The molecule has 154 valence electrons. The van der Waals surface area contributed by atoms with Gasteiger partial charge in [0.15, 0.2) is 0 Å². The summed E-state index contributed by atoms with van der Waals surface area (Å²) in [5.74, 6) is -0.0854. The van der Waals surface area contributed by atoms with Crippen molar-refractivity contribution in [2.75, 3.05) is 6.61 Å². The summed E-state index contributed by atoms with van der Waals surface area (Å²) in [7, 11) is 0. The van der Waals surface area contributed by atoms with Crippen molar-refractivity contribution in [3.8, 4) is 16.9 Å². The van der Waals surface area contributed by atoms with E-state index in [1.54, 1.807) is 6.07 Å². The van der Waals surface area contributed by atoms with Gasteiger partial charge in [0.2, 0.25) is 0 Å². The highest BCUT2D eigenvalue weighted by atomic mass is 16.7. The van der Waals surface area contributed by atoms with Crippen LogP contribution < -0.4 is 5.63 Å². The van der Waals surface area contributed by atoms with Gasteiger partial charge in [0.05, 0.1) is 0 Å². The third-order valence-electron chi connectivity index (χ3n) is 5.49. The third kappa shape index (κ3) is 3.53. The van der Waals surface area contributed by atoms with E-state index in [-0.39, 0.29) is 30.5 Å². The molecule has 0 spiro atoms. The highest BCUT2D eigenvalue weighted by molar-refractivity contribution is 5.81. The molecule has 1 aliphatic rings. The Labute approximate surface area is 177 Å². The number of phenolic OH excluding ortho intramolecular Hbond substituents is 1. The van der Waals surface area contributed by atoms with Crippen LogP contribution in [0.25, 0.3) is 22.1 Å². The van der Waals surface area contributed by atoms with E-state index in [0.29, 0.717) is 10.9 Å². The molecule has 0 aliphatic heterocycles. The zero-order chi connectivity index (χ0) is 21.4. The van der Waals surface area contributed by atoms with Crippen LogP contribution >= 0.6 is 0 Å². The average molecular weight is 414 g/mol. The molecule has 0 amide bonds. The standard InChI is InChI=1S/C25H18O6/c26-16-9-10-17-15(11-24(27)31-23(17)12-16)13-29-25(28)30-14-22-20-7-3-1-5-18(20)19-6-2-4-8-21(19)22/h1-12,22,26H,13-14H2. The molecule has 6 heteroatoms. The molecule has 3 aromatic carbocycles. The van der Waals surface area contributed by atoms with Gasteiger partial charge in [0, 0.05) is 29.0 Å². The van der Waals surface area contributed by atoms with Gasteiger partial charge in [-0.15, -0.1) is 0 Å². The van der Waals surface area contributed by atoms with E-state index in [0.717, 1.165) is 22.3 Å². The van der Waals surface area contributed by atoms with E-state index < -0.39 is 11.8 Å². The summed E-state index contributed by atoms with van der Waals surface area (Å²) < 4.78 is 15.8. The summed E-state index contributed by atoms with van der Waals surface area (Å²) in [6.07, 6.45) is -0.818. The van der Waals surface area contributed by atoms with Crippen molar-refractivity contribution in [2.24, 2.45) is 0 Å². The van der Waals surface area contributed by atoms with Crippen molar-refractivity contribution in [3.63, 3.8) is 0 Å². The zero-order valence-corrected chi connectivity index (χ0v) is 16.4. The van der Waals surface area contributed by atoms with E-state index in [4.69, 9.17) is 13.9 Å². The minimum absolute atomic E-state index is 0.0229. The van der Waals surface area contributed by atoms with Crippen LogP contribution in [0.15, 0.2) is 82.0 Å². The molecule has 1 heterocycles. The van der Waals surface area contributed by atoms with Crippen LogP contribution in [0.4, 0.5) is 4.79 Å². The fourth-order valence-electron chi connectivity index (χ4n) is 4.11. The molecule has 0 atom stereocenters. The number of carbonyl (C=O) groups excluding carboxylic acids is 1. The normalized spacial score (nSPS) is 12.4. The number of benzene rings is 3. The Morgan fingerprint density at radius 2 is 1.58 bits per heavy atom. The lowest BCUT2D eigenvalue weighted by Crippen LogP contribution is -2.14. The van der Waals surface area contributed by atoms with Gasteiger partial charge in [0.25, 0.3) is 0 Å². The van der Waals surface area contributed by atoms with E-state index >= 15 is 0 Å². The average Bonchev–Trinajstić information content (AvgIpc) is 3.09. The van der Waals surface area contributed by atoms with E-state index in [1.165, 1.54) is 18.2 Å². The van der Waals surface area contributed by atoms with E-state index in [9.17, 15) is 14.7 Å². The fraction of sp³-hybridized carbons (Fsp3) is 0.120. The molecule has 0 saturated carbocycles. The van der Waals surface area contributed by atoms with Crippen LogP contribution in [0, 0.1) is 0 Å². The molecular weight excluding hydrogens is 396 g/mol. The van der Waals surface area contributed by atoms with Gasteiger partial charge < -0.3 is 19.0 Å². The number of phenols is 1. The lowest BCUT2D eigenvalue weighted by Gasteiger charge is -2.14. The SMILES string of the molecule is O=C(OCc1cc(=O)oc2cc(O)ccc12)OCC1c2ccccc2-c2ccccc21. The van der Waals surface area contributed by atoms with Gasteiger partial charge in [-0.25, -0.2) is 9.59 Å². The Morgan fingerprint density at radius 3 is 2.29 bits per heavy atom. The summed E-state index contributed by atoms with van der Waals surface area (Å²) in [6, 6.07) is 21.8. The highest BCUT2D eigenvalue weighted by Gasteiger charge is 2.29. The first-order chi connectivity index (χ1) is 15.1. The summed E-state index contributed by atoms with van der Waals surface area (Å²) in [6.45, 7) is 0.00194. The molecule has 1 aliphatic carbocycles. The number of rotatable bonds is 4. The summed E-state index contributed by atoms with van der Waals surface area (Å²) in [5, 5.41) is 10.1. The molecule has 5 rings (SSSR count). The summed E-state index contributed by atoms with van der Waals surface area (Å²) in [5.41, 5.74) is 4.62. The molecule has 4 aromatic rings. The first-order valence-electron chi connectivity index (χ1n) is 9.83. The van der Waals surface area contributed by atoms with Crippen LogP contribution in [0.2, 0.25) is 0 Å². The predicted octanol–water partition coefficient (Wildman–Crippen LogP) is 4.96. The van der Waals surface area contributed by atoms with E-state index in [1.807, 2.05) is 36.4 Å². The summed E-state index contributed by atoms with van der Waals surface area (Å²) >= 11 is 0. The monoisotopic (exact) mass is 414 g/mol. The maximum absolute atomic E-state index is 12.3. The lowest BCUT2D eigenvalue weighted by molar-refractivity contribution is 0.0482. The number of carbonyl (C=O) groups is 1. The van der Waals surface area contributed by atoms with Crippen molar-refractivity contribution in [1.29, 1.82) is 0 Å². The Balaban J connectivity index is 1.30. The van der Waals surface area contributed by atoms with Crippen LogP contribution in [0.3, 0.4) is 0 Å². The van der Waals surface area contributed by atoms with Gasteiger partial charge in [0.1, 0.15) is 24.5 Å². The predicted molar refractivity (Wildman–Crippen MR) is 114 cm³/mol. The summed E-state index contributed by atoms with van der Waals surface area (Å²) in [4.78, 5) is 24.1. The number of hydrogen-bond donors (Lipinski definition) is 1. The van der Waals surface area contributed by atoms with Gasteiger partial charge in [-0.1, -0.05) is 48.5 Å². The Bertz CT molecular complexity index is 1310. The van der Waals surface area contributed by atoms with Crippen molar-refractivity contribution < 1.29 is 23.8 Å². The molecule has 0 unspecified atom stereocenters. The number of fused-ring (bicyclic) bond motifs is 4. The largest absolute Gasteiger partial charge is 0.508 e. The van der Waals surface area contributed by atoms with Crippen LogP contribution in [0.1, 0.15) is 22.6 Å². The Hall–Kier alpha value is -4.06. The quantitative estimate of drug-likeness (QED) is 0.375. The fourth-order valence-corrected chi connectivity index (χ4v) is 4.11. The van der Waals surface area contributed by atoms with E-state index in [2.05, 4.69) is 12.1 Å². The molecule has 6 nitrogen and oxygen atoms in total. The van der Waals surface area contributed by atoms with Crippen molar-refractivity contribution in [2.45, 2.75) is 12.5 Å². The second kappa shape index (κ2) is 7.65. The molecule has 1 N–H and O–H groups in total. The van der Waals surface area contributed by atoms with Crippen LogP contribution in [-0.2, 0) is 16.1 Å². The highest BCUT2D eigenvalue weighted by Crippen LogP contribution is 2.44. The Morgan fingerprint density at radius 1 is 0.903 bits per heavy atom. The van der Waals surface area contributed by atoms with Crippen LogP contribution in [-0.4, -0.2) is 17.9 Å². The second-order valence-electron chi connectivity index (χ2n) is 7.35. The minimum Gasteiger partial charge on any atom is -0.508 e. The maximum atomic E-state index is 12.3.